The molecule has 0 amide bonds. The Morgan fingerprint density at radius 3 is 2.09 bits per heavy atom. The average molecular weight is 481 g/mol. The van der Waals surface area contributed by atoms with Gasteiger partial charge in [-0.15, -0.1) is 0 Å². The number of anilines is 1. The van der Waals surface area contributed by atoms with Gasteiger partial charge in [0, 0.05) is 35.8 Å². The molecule has 1 aliphatic heterocycles. The second-order valence-electron chi connectivity index (χ2n) is 9.32. The highest BCUT2D eigenvalue weighted by atomic mass is 19.4. The maximum absolute atomic E-state index is 14.5. The van der Waals surface area contributed by atoms with Crippen molar-refractivity contribution < 1.29 is 31.1 Å². The van der Waals surface area contributed by atoms with Gasteiger partial charge in [0.05, 0.1) is 5.57 Å². The molecule has 2 aliphatic rings. The average Bonchev–Trinajstić information content (AvgIpc) is 2.71. The zero-order valence-electron chi connectivity index (χ0n) is 18.6. The summed E-state index contributed by atoms with van der Waals surface area (Å²) in [7, 11) is 0. The third-order valence-electron chi connectivity index (χ3n) is 6.00. The maximum Gasteiger partial charge on any atom is 0.427 e. The van der Waals surface area contributed by atoms with Gasteiger partial charge in [-0.25, -0.2) is 4.99 Å². The number of alkyl halides is 6. The van der Waals surface area contributed by atoms with Crippen LogP contribution in [0.3, 0.4) is 0 Å². The number of amidine groups is 1. The summed E-state index contributed by atoms with van der Waals surface area (Å²) < 4.78 is 86.7. The molecule has 4 nitrogen and oxygen atoms in total. The second-order valence-corrected chi connectivity index (χ2v) is 9.32. The fourth-order valence-corrected chi connectivity index (χ4v) is 4.51. The Balaban J connectivity index is 2.15. The van der Waals surface area contributed by atoms with Crippen LogP contribution in [0, 0.1) is 12.3 Å². The van der Waals surface area contributed by atoms with Crippen LogP contribution in [0.1, 0.15) is 37.8 Å². The van der Waals surface area contributed by atoms with Gasteiger partial charge in [0.15, 0.2) is 5.78 Å². The number of aliphatic imine (C=N–C) groups is 1. The molecule has 1 aliphatic carbocycles. The first-order valence-corrected chi connectivity index (χ1v) is 10.5. The number of carbonyl (C=O) groups excluding carboxylic acids is 1. The van der Waals surface area contributed by atoms with Gasteiger partial charge >= 0.3 is 12.4 Å². The summed E-state index contributed by atoms with van der Waals surface area (Å²) >= 11 is 0. The maximum atomic E-state index is 14.5. The number of hydrogen-bond donors (Lipinski definition) is 0. The first kappa shape index (κ1) is 24.0. The van der Waals surface area contributed by atoms with Gasteiger partial charge in [-0.1, -0.05) is 31.5 Å². The van der Waals surface area contributed by atoms with Crippen LogP contribution < -0.4 is 4.90 Å². The fraction of sp³-hybridized carbons (Fsp3) is 0.375. The van der Waals surface area contributed by atoms with E-state index in [0.717, 1.165) is 11.8 Å². The third kappa shape index (κ3) is 3.69. The van der Waals surface area contributed by atoms with E-state index in [1.807, 2.05) is 0 Å². The Labute approximate surface area is 192 Å². The minimum absolute atomic E-state index is 0.0386. The van der Waals surface area contributed by atoms with Crippen molar-refractivity contribution in [2.24, 2.45) is 10.4 Å². The number of rotatable bonds is 2. The molecule has 180 valence electrons. The van der Waals surface area contributed by atoms with Crippen LogP contribution in [0.15, 0.2) is 65.1 Å². The van der Waals surface area contributed by atoms with Gasteiger partial charge in [0.25, 0.3) is 5.54 Å². The fourth-order valence-electron chi connectivity index (χ4n) is 4.51. The summed E-state index contributed by atoms with van der Waals surface area (Å²) in [5.74, 6) is -1.79. The summed E-state index contributed by atoms with van der Waals surface area (Å²) in [6, 6.07) is 9.25. The summed E-state index contributed by atoms with van der Waals surface area (Å²) in [6.07, 6.45) is -9.96. The number of Topliss-reactive ketones (excluding diaryl/α,β-unsaturated/α-hetero) is 1. The van der Waals surface area contributed by atoms with Crippen molar-refractivity contribution in [3.63, 3.8) is 0 Å². The summed E-state index contributed by atoms with van der Waals surface area (Å²) in [4.78, 5) is 21.5. The van der Waals surface area contributed by atoms with Crippen molar-refractivity contribution in [3.8, 4) is 0 Å². The van der Waals surface area contributed by atoms with Gasteiger partial charge in [0.2, 0.25) is 0 Å². The van der Waals surface area contributed by atoms with Crippen LogP contribution in [-0.2, 0) is 4.79 Å². The smallest absolute Gasteiger partial charge is 0.298 e. The normalized spacial score (nSPS) is 20.2. The molecule has 10 heteroatoms. The monoisotopic (exact) mass is 481 g/mol. The predicted octanol–water partition coefficient (Wildman–Crippen LogP) is 6.16. The van der Waals surface area contributed by atoms with Gasteiger partial charge in [-0.3, -0.25) is 14.7 Å². The van der Waals surface area contributed by atoms with E-state index in [0.29, 0.717) is 5.69 Å². The standard InChI is InChI=1S/C24H21F6N3O/c1-14-6-8-16(9-7-14)33-17-11-21(2,3)12-18(34)19(17)22(23(25,26)27,24(28,29)30)32-20(33)15-5-4-10-31-13-15/h4-10,13H,11-12H2,1-3H3. The largest absolute Gasteiger partial charge is 0.427 e. The van der Waals surface area contributed by atoms with Gasteiger partial charge < -0.3 is 0 Å². The predicted molar refractivity (Wildman–Crippen MR) is 114 cm³/mol. The highest BCUT2D eigenvalue weighted by Crippen LogP contribution is 2.57. The number of pyridine rings is 1. The molecule has 0 bridgehead atoms. The molecule has 0 unspecified atom stereocenters. The quantitative estimate of drug-likeness (QED) is 0.483. The Kier molecular flexibility index (Phi) is 5.41. The van der Waals surface area contributed by atoms with E-state index >= 15 is 0 Å². The first-order valence-electron chi connectivity index (χ1n) is 10.5. The molecule has 0 saturated heterocycles. The Morgan fingerprint density at radius 1 is 0.941 bits per heavy atom. The van der Waals surface area contributed by atoms with E-state index in [2.05, 4.69) is 9.98 Å². The molecular weight excluding hydrogens is 460 g/mol. The molecule has 1 aromatic carbocycles. The molecular formula is C24H21F6N3O. The summed E-state index contributed by atoms with van der Waals surface area (Å²) in [5, 5.41) is 0. The molecule has 0 fully saturated rings. The van der Waals surface area contributed by atoms with Crippen molar-refractivity contribution in [3.05, 3.63) is 71.2 Å². The van der Waals surface area contributed by atoms with Crippen LogP contribution in [-0.4, -0.2) is 34.5 Å². The molecule has 1 aromatic heterocycles. The zero-order chi connectivity index (χ0) is 25.1. The molecule has 0 atom stereocenters. The van der Waals surface area contributed by atoms with Gasteiger partial charge in [-0.05, 0) is 43.0 Å². The van der Waals surface area contributed by atoms with Crippen molar-refractivity contribution in [1.82, 2.24) is 4.98 Å². The van der Waals surface area contributed by atoms with Crippen molar-refractivity contribution in [2.75, 3.05) is 4.90 Å². The van der Waals surface area contributed by atoms with Crippen molar-refractivity contribution in [2.45, 2.75) is 51.5 Å². The molecule has 0 saturated carbocycles. The van der Waals surface area contributed by atoms with Gasteiger partial charge in [0.1, 0.15) is 5.84 Å². The lowest BCUT2D eigenvalue weighted by molar-refractivity contribution is -0.282. The topological polar surface area (TPSA) is 45.6 Å². The molecule has 4 rings (SSSR count). The summed E-state index contributed by atoms with van der Waals surface area (Å²) in [6.45, 7) is 5.08. The van der Waals surface area contributed by atoms with E-state index in [1.54, 1.807) is 45.0 Å². The zero-order valence-corrected chi connectivity index (χ0v) is 18.6. The van der Waals surface area contributed by atoms with Crippen LogP contribution in [0.5, 0.6) is 0 Å². The minimum atomic E-state index is -5.91. The third-order valence-corrected chi connectivity index (χ3v) is 6.00. The highest BCUT2D eigenvalue weighted by molar-refractivity contribution is 6.16. The van der Waals surface area contributed by atoms with Crippen LogP contribution in [0.2, 0.25) is 0 Å². The molecule has 2 heterocycles. The highest BCUT2D eigenvalue weighted by Gasteiger charge is 2.77. The Morgan fingerprint density at radius 2 is 1.56 bits per heavy atom. The molecule has 2 aromatic rings. The van der Waals surface area contributed by atoms with E-state index in [4.69, 9.17) is 0 Å². The lowest BCUT2D eigenvalue weighted by Gasteiger charge is -2.48. The van der Waals surface area contributed by atoms with Crippen molar-refractivity contribution in [1.29, 1.82) is 0 Å². The molecule has 0 N–H and O–H groups in total. The first-order chi connectivity index (χ1) is 15.7. The van der Waals surface area contributed by atoms with E-state index in [1.165, 1.54) is 23.2 Å². The number of hydrogen-bond acceptors (Lipinski definition) is 4. The SMILES string of the molecule is Cc1ccc(N2C(c3cccnc3)=NC(C(F)(F)F)(C(F)(F)F)C3=C2CC(C)(C)CC3=O)cc1. The Hall–Kier alpha value is -3.17. The number of aromatic nitrogens is 1. The number of nitrogens with zero attached hydrogens (tertiary/aromatic N) is 3. The molecule has 34 heavy (non-hydrogen) atoms. The van der Waals surface area contributed by atoms with Gasteiger partial charge in [-0.2, -0.15) is 26.3 Å². The number of allylic oxidation sites excluding steroid dienone is 1. The number of aryl methyl sites for hydroxylation is 1. The van der Waals surface area contributed by atoms with Crippen LogP contribution in [0.25, 0.3) is 0 Å². The van der Waals surface area contributed by atoms with Crippen LogP contribution in [0.4, 0.5) is 32.0 Å². The van der Waals surface area contributed by atoms with E-state index in [9.17, 15) is 31.1 Å². The Bertz CT molecular complexity index is 1160. The van der Waals surface area contributed by atoms with Crippen LogP contribution >= 0.6 is 0 Å². The number of halogens is 6. The molecule has 0 spiro atoms. The number of benzene rings is 1. The molecule has 0 radical (unpaired) electrons. The van der Waals surface area contributed by atoms with Crippen molar-refractivity contribution >= 4 is 17.3 Å². The van der Waals surface area contributed by atoms with E-state index < -0.39 is 46.9 Å². The minimum Gasteiger partial charge on any atom is -0.298 e. The lowest BCUT2D eigenvalue weighted by Crippen LogP contribution is -2.63. The number of carbonyl (C=O) groups is 1. The number of ketones is 1. The van der Waals surface area contributed by atoms with E-state index in [-0.39, 0.29) is 17.7 Å². The summed E-state index contributed by atoms with van der Waals surface area (Å²) in [5.41, 5.74) is -6.16. The second kappa shape index (κ2) is 7.68. The lowest BCUT2D eigenvalue weighted by atomic mass is 9.69.